The van der Waals surface area contributed by atoms with Crippen molar-refractivity contribution in [2.75, 3.05) is 19.5 Å². The Kier molecular flexibility index (Phi) is 6.06. The van der Waals surface area contributed by atoms with Gasteiger partial charge in [-0.15, -0.1) is 0 Å². The van der Waals surface area contributed by atoms with Gasteiger partial charge in [0.15, 0.2) is 11.5 Å². The fourth-order valence-electron chi connectivity index (χ4n) is 2.68. The number of amides is 1. The SMILES string of the molecule is COc1ccc(CNC(=O)c2cc(Nc3cccc(C)c3)ncn2)cc1OC. The average Bonchev–Trinajstić information content (AvgIpc) is 2.72. The number of carbonyl (C=O) groups is 1. The topological polar surface area (TPSA) is 85.4 Å². The first kappa shape index (κ1) is 19.2. The number of ether oxygens (including phenoxy) is 2. The van der Waals surface area contributed by atoms with Crippen molar-refractivity contribution in [3.63, 3.8) is 0 Å². The van der Waals surface area contributed by atoms with Crippen LogP contribution < -0.4 is 20.1 Å². The Hall–Kier alpha value is -3.61. The quantitative estimate of drug-likeness (QED) is 0.655. The molecule has 1 aromatic heterocycles. The largest absolute Gasteiger partial charge is 0.493 e. The lowest BCUT2D eigenvalue weighted by atomic mass is 10.2. The van der Waals surface area contributed by atoms with E-state index >= 15 is 0 Å². The zero-order valence-corrected chi connectivity index (χ0v) is 16.0. The van der Waals surface area contributed by atoms with Gasteiger partial charge in [-0.3, -0.25) is 4.79 Å². The van der Waals surface area contributed by atoms with E-state index in [2.05, 4.69) is 20.6 Å². The third-order valence-corrected chi connectivity index (χ3v) is 4.09. The van der Waals surface area contributed by atoms with Gasteiger partial charge in [0.1, 0.15) is 17.8 Å². The lowest BCUT2D eigenvalue weighted by molar-refractivity contribution is 0.0945. The molecule has 1 amide bonds. The van der Waals surface area contributed by atoms with Crippen molar-refractivity contribution >= 4 is 17.4 Å². The van der Waals surface area contributed by atoms with Crippen molar-refractivity contribution in [2.45, 2.75) is 13.5 Å². The minimum atomic E-state index is -0.288. The minimum Gasteiger partial charge on any atom is -0.493 e. The maximum absolute atomic E-state index is 12.5. The summed E-state index contributed by atoms with van der Waals surface area (Å²) in [5.41, 5.74) is 3.20. The van der Waals surface area contributed by atoms with Gasteiger partial charge in [0, 0.05) is 18.3 Å². The van der Waals surface area contributed by atoms with Crippen LogP contribution in [0, 0.1) is 6.92 Å². The van der Waals surface area contributed by atoms with Crippen molar-refractivity contribution in [2.24, 2.45) is 0 Å². The Morgan fingerprint density at radius 2 is 1.82 bits per heavy atom. The number of nitrogens with zero attached hydrogens (tertiary/aromatic N) is 2. The molecule has 0 saturated heterocycles. The summed E-state index contributed by atoms with van der Waals surface area (Å²) in [5.74, 6) is 1.52. The molecule has 2 aromatic carbocycles. The van der Waals surface area contributed by atoms with E-state index in [1.54, 1.807) is 26.4 Å². The summed E-state index contributed by atoms with van der Waals surface area (Å²) in [5, 5.41) is 6.03. The number of aromatic nitrogens is 2. The van der Waals surface area contributed by atoms with Crippen molar-refractivity contribution in [3.8, 4) is 11.5 Å². The Bertz CT molecular complexity index is 975. The molecule has 0 bridgehead atoms. The summed E-state index contributed by atoms with van der Waals surface area (Å²) in [4.78, 5) is 20.7. The molecule has 0 fully saturated rings. The summed E-state index contributed by atoms with van der Waals surface area (Å²) < 4.78 is 10.5. The summed E-state index contributed by atoms with van der Waals surface area (Å²) >= 11 is 0. The average molecular weight is 378 g/mol. The van der Waals surface area contributed by atoms with Crippen LogP contribution in [0.4, 0.5) is 11.5 Å². The van der Waals surface area contributed by atoms with Gasteiger partial charge in [-0.2, -0.15) is 0 Å². The number of rotatable bonds is 7. The van der Waals surface area contributed by atoms with Gasteiger partial charge in [0.25, 0.3) is 5.91 Å². The second-order valence-electron chi connectivity index (χ2n) is 6.15. The van der Waals surface area contributed by atoms with Crippen LogP contribution in [0.2, 0.25) is 0 Å². The smallest absolute Gasteiger partial charge is 0.270 e. The molecule has 0 aliphatic carbocycles. The third kappa shape index (κ3) is 4.76. The van der Waals surface area contributed by atoms with Crippen molar-refractivity contribution in [1.82, 2.24) is 15.3 Å². The molecule has 0 aliphatic rings. The summed E-state index contributed by atoms with van der Waals surface area (Å²) in [6.45, 7) is 2.35. The van der Waals surface area contributed by atoms with Crippen LogP contribution in [-0.4, -0.2) is 30.1 Å². The highest BCUT2D eigenvalue weighted by molar-refractivity contribution is 5.92. The van der Waals surface area contributed by atoms with Crippen molar-refractivity contribution in [3.05, 3.63) is 71.7 Å². The highest BCUT2D eigenvalue weighted by Crippen LogP contribution is 2.27. The standard InChI is InChI=1S/C21H22N4O3/c1-14-5-4-6-16(9-14)25-20-11-17(23-13-24-20)21(26)22-12-15-7-8-18(27-2)19(10-15)28-3/h4-11,13H,12H2,1-3H3,(H,22,26)(H,23,24,25). The van der Waals surface area contributed by atoms with Crippen LogP contribution >= 0.6 is 0 Å². The van der Waals surface area contributed by atoms with Gasteiger partial charge in [0.05, 0.1) is 14.2 Å². The van der Waals surface area contributed by atoms with Crippen molar-refractivity contribution < 1.29 is 14.3 Å². The van der Waals surface area contributed by atoms with Crippen molar-refractivity contribution in [1.29, 1.82) is 0 Å². The molecule has 2 N–H and O–H groups in total. The fourth-order valence-corrected chi connectivity index (χ4v) is 2.68. The van der Waals surface area contributed by atoms with Gasteiger partial charge in [-0.1, -0.05) is 18.2 Å². The van der Waals surface area contributed by atoms with Gasteiger partial charge < -0.3 is 20.1 Å². The molecule has 3 rings (SSSR count). The van der Waals surface area contributed by atoms with Crippen LogP contribution in [0.5, 0.6) is 11.5 Å². The number of methoxy groups -OCH3 is 2. The first-order valence-electron chi connectivity index (χ1n) is 8.74. The van der Waals surface area contributed by atoms with Crippen LogP contribution in [-0.2, 0) is 6.54 Å². The fraction of sp³-hybridized carbons (Fsp3) is 0.190. The highest BCUT2D eigenvalue weighted by atomic mass is 16.5. The van der Waals surface area contributed by atoms with E-state index in [4.69, 9.17) is 9.47 Å². The second kappa shape index (κ2) is 8.85. The van der Waals surface area contributed by atoms with E-state index in [1.807, 2.05) is 43.3 Å². The van der Waals surface area contributed by atoms with E-state index in [-0.39, 0.29) is 11.6 Å². The molecular weight excluding hydrogens is 356 g/mol. The molecule has 0 atom stereocenters. The molecule has 7 nitrogen and oxygen atoms in total. The number of anilines is 2. The van der Waals surface area contributed by atoms with Crippen LogP contribution in [0.1, 0.15) is 21.6 Å². The number of aryl methyl sites for hydroxylation is 1. The molecule has 1 heterocycles. The molecular formula is C21H22N4O3. The van der Waals surface area contributed by atoms with Gasteiger partial charge >= 0.3 is 0 Å². The Balaban J connectivity index is 1.66. The van der Waals surface area contributed by atoms with Gasteiger partial charge in [-0.05, 0) is 42.3 Å². The molecule has 7 heteroatoms. The summed E-state index contributed by atoms with van der Waals surface area (Å²) in [7, 11) is 3.15. The molecule has 0 unspecified atom stereocenters. The number of nitrogens with one attached hydrogen (secondary N) is 2. The zero-order valence-electron chi connectivity index (χ0n) is 16.0. The monoisotopic (exact) mass is 378 g/mol. The van der Waals surface area contributed by atoms with Gasteiger partial charge in [0.2, 0.25) is 0 Å². The molecule has 0 radical (unpaired) electrons. The number of hydrogen-bond acceptors (Lipinski definition) is 6. The molecule has 0 saturated carbocycles. The lowest BCUT2D eigenvalue weighted by Gasteiger charge is -2.11. The number of hydrogen-bond donors (Lipinski definition) is 2. The first-order valence-corrected chi connectivity index (χ1v) is 8.74. The van der Waals surface area contributed by atoms with E-state index < -0.39 is 0 Å². The second-order valence-corrected chi connectivity index (χ2v) is 6.15. The number of carbonyl (C=O) groups excluding carboxylic acids is 1. The normalized spacial score (nSPS) is 10.2. The Morgan fingerprint density at radius 3 is 2.57 bits per heavy atom. The summed E-state index contributed by atoms with van der Waals surface area (Å²) in [6.07, 6.45) is 1.36. The predicted octanol–water partition coefficient (Wildman–Crippen LogP) is 3.48. The Morgan fingerprint density at radius 1 is 1.00 bits per heavy atom. The van der Waals surface area contributed by atoms with Gasteiger partial charge in [-0.25, -0.2) is 9.97 Å². The lowest BCUT2D eigenvalue weighted by Crippen LogP contribution is -2.24. The molecule has 28 heavy (non-hydrogen) atoms. The third-order valence-electron chi connectivity index (χ3n) is 4.09. The van der Waals surface area contributed by atoms with E-state index in [0.29, 0.717) is 23.9 Å². The van der Waals surface area contributed by atoms with E-state index in [1.165, 1.54) is 6.33 Å². The van der Waals surface area contributed by atoms with Crippen LogP contribution in [0.15, 0.2) is 54.9 Å². The maximum atomic E-state index is 12.5. The summed E-state index contributed by atoms with van der Waals surface area (Å²) in [6, 6.07) is 15.0. The first-order chi connectivity index (χ1) is 13.6. The number of benzene rings is 2. The molecule has 0 spiro atoms. The highest BCUT2D eigenvalue weighted by Gasteiger charge is 2.10. The van der Waals surface area contributed by atoms with Crippen LogP contribution in [0.3, 0.4) is 0 Å². The molecule has 0 aliphatic heterocycles. The minimum absolute atomic E-state index is 0.283. The maximum Gasteiger partial charge on any atom is 0.270 e. The van der Waals surface area contributed by atoms with E-state index in [0.717, 1.165) is 16.8 Å². The molecule has 3 aromatic rings. The van der Waals surface area contributed by atoms with Crippen LogP contribution in [0.25, 0.3) is 0 Å². The predicted molar refractivity (Wildman–Crippen MR) is 107 cm³/mol. The zero-order chi connectivity index (χ0) is 19.9. The molecule has 144 valence electrons. The van der Waals surface area contributed by atoms with E-state index in [9.17, 15) is 4.79 Å². The Labute approximate surface area is 163 Å².